The highest BCUT2D eigenvalue weighted by atomic mass is 127. The largest absolute Gasteiger partial charge is 0.497 e. The molecule has 9 heteroatoms. The summed E-state index contributed by atoms with van der Waals surface area (Å²) in [5.41, 5.74) is 1.30. The van der Waals surface area contributed by atoms with Gasteiger partial charge in [-0.05, 0) is 57.0 Å². The smallest absolute Gasteiger partial charge is 0.226 e. The Kier molecular flexibility index (Phi) is 11.1. The highest BCUT2D eigenvalue weighted by molar-refractivity contribution is 14.0. The zero-order valence-corrected chi connectivity index (χ0v) is 21.1. The molecule has 172 valence electrons. The predicted molar refractivity (Wildman–Crippen MR) is 133 cm³/mol. The Labute approximate surface area is 202 Å². The number of methoxy groups -OCH3 is 1. The van der Waals surface area contributed by atoms with E-state index in [-0.39, 0.29) is 24.0 Å². The summed E-state index contributed by atoms with van der Waals surface area (Å²) in [7, 11) is 3.51. The lowest BCUT2D eigenvalue weighted by Gasteiger charge is -2.35. The number of guanidine groups is 1. The van der Waals surface area contributed by atoms with Gasteiger partial charge in [-0.2, -0.15) is 4.98 Å². The van der Waals surface area contributed by atoms with Crippen LogP contribution in [0.2, 0.25) is 0 Å². The summed E-state index contributed by atoms with van der Waals surface area (Å²) < 4.78 is 10.5. The Balaban J connectivity index is 0.00000341. The molecule has 1 saturated heterocycles. The van der Waals surface area contributed by atoms with Gasteiger partial charge >= 0.3 is 0 Å². The van der Waals surface area contributed by atoms with Crippen molar-refractivity contribution in [3.63, 3.8) is 0 Å². The van der Waals surface area contributed by atoms with Gasteiger partial charge in [0.25, 0.3) is 0 Å². The molecule has 0 radical (unpaired) electrons. The lowest BCUT2D eigenvalue weighted by atomic mass is 10.0. The van der Waals surface area contributed by atoms with Gasteiger partial charge in [0.2, 0.25) is 5.89 Å². The lowest BCUT2D eigenvalue weighted by Crippen LogP contribution is -2.44. The van der Waals surface area contributed by atoms with Crippen LogP contribution in [0.1, 0.15) is 49.0 Å². The average Bonchev–Trinajstić information content (AvgIpc) is 3.21. The molecule has 1 unspecified atom stereocenters. The molecule has 31 heavy (non-hydrogen) atoms. The van der Waals surface area contributed by atoms with Gasteiger partial charge in [-0.15, -0.1) is 24.0 Å². The summed E-state index contributed by atoms with van der Waals surface area (Å²) in [6, 6.07) is 8.72. The number of aliphatic imine (C=N–C) groups is 1. The van der Waals surface area contributed by atoms with Crippen LogP contribution in [0.25, 0.3) is 0 Å². The maximum absolute atomic E-state index is 5.32. The Bertz CT molecular complexity index is 790. The van der Waals surface area contributed by atoms with Gasteiger partial charge in [0.15, 0.2) is 11.8 Å². The van der Waals surface area contributed by atoms with E-state index in [4.69, 9.17) is 9.26 Å². The second-order valence-electron chi connectivity index (χ2n) is 7.60. The molecule has 0 aliphatic carbocycles. The second-order valence-corrected chi connectivity index (χ2v) is 7.60. The van der Waals surface area contributed by atoms with Crippen LogP contribution in [0.15, 0.2) is 33.8 Å². The molecular weight excluding hydrogens is 507 g/mol. The number of rotatable bonds is 9. The van der Waals surface area contributed by atoms with Crippen LogP contribution in [0.5, 0.6) is 5.75 Å². The van der Waals surface area contributed by atoms with E-state index in [0.717, 1.165) is 50.7 Å². The Morgan fingerprint density at radius 1 is 1.19 bits per heavy atom. The molecule has 2 aromatic rings. The zero-order chi connectivity index (χ0) is 21.2. The first-order valence-corrected chi connectivity index (χ1v) is 10.8. The van der Waals surface area contributed by atoms with Crippen molar-refractivity contribution in [1.82, 2.24) is 25.7 Å². The molecule has 0 bridgehead atoms. The summed E-state index contributed by atoms with van der Waals surface area (Å²) >= 11 is 0. The van der Waals surface area contributed by atoms with Crippen LogP contribution in [0, 0.1) is 6.92 Å². The van der Waals surface area contributed by atoms with E-state index < -0.39 is 0 Å². The van der Waals surface area contributed by atoms with Gasteiger partial charge in [-0.1, -0.05) is 23.7 Å². The number of aromatic nitrogens is 2. The van der Waals surface area contributed by atoms with E-state index in [1.165, 1.54) is 24.8 Å². The van der Waals surface area contributed by atoms with Crippen molar-refractivity contribution in [2.75, 3.05) is 40.3 Å². The first-order chi connectivity index (χ1) is 14.7. The molecule has 1 aliphatic heterocycles. The number of likely N-dealkylation sites (tertiary alicyclic amines) is 1. The van der Waals surface area contributed by atoms with Crippen LogP contribution in [-0.2, 0) is 6.42 Å². The van der Waals surface area contributed by atoms with E-state index in [2.05, 4.69) is 42.8 Å². The zero-order valence-electron chi connectivity index (χ0n) is 18.8. The van der Waals surface area contributed by atoms with Crippen molar-refractivity contribution in [3.05, 3.63) is 41.5 Å². The van der Waals surface area contributed by atoms with Crippen LogP contribution in [0.4, 0.5) is 0 Å². The minimum atomic E-state index is 0. The number of aryl methyl sites for hydroxylation is 2. The Morgan fingerprint density at radius 2 is 1.94 bits per heavy atom. The summed E-state index contributed by atoms with van der Waals surface area (Å²) in [5.74, 6) is 3.06. The van der Waals surface area contributed by atoms with Gasteiger partial charge in [-0.3, -0.25) is 9.89 Å². The molecular formula is C22H35IN6O2. The summed E-state index contributed by atoms with van der Waals surface area (Å²) in [4.78, 5) is 11.2. The van der Waals surface area contributed by atoms with Crippen molar-refractivity contribution >= 4 is 29.9 Å². The van der Waals surface area contributed by atoms with E-state index in [9.17, 15) is 0 Å². The lowest BCUT2D eigenvalue weighted by molar-refractivity contribution is 0.164. The maximum Gasteiger partial charge on any atom is 0.226 e. The molecule has 0 amide bonds. The van der Waals surface area contributed by atoms with Gasteiger partial charge in [-0.25, -0.2) is 0 Å². The van der Waals surface area contributed by atoms with Gasteiger partial charge in [0, 0.05) is 26.6 Å². The average molecular weight is 542 g/mol. The summed E-state index contributed by atoms with van der Waals surface area (Å²) in [6.45, 7) is 5.69. The number of nitrogens with zero attached hydrogens (tertiary/aromatic N) is 4. The van der Waals surface area contributed by atoms with Crippen molar-refractivity contribution in [3.8, 4) is 5.75 Å². The van der Waals surface area contributed by atoms with Gasteiger partial charge in [0.1, 0.15) is 5.75 Å². The number of hydrogen-bond acceptors (Lipinski definition) is 6. The molecule has 1 fully saturated rings. The number of ether oxygens (including phenoxy) is 1. The number of hydrogen-bond donors (Lipinski definition) is 2. The quantitative estimate of drug-likeness (QED) is 0.218. The molecule has 0 saturated carbocycles. The normalized spacial score (nSPS) is 15.8. The van der Waals surface area contributed by atoms with E-state index in [0.29, 0.717) is 17.8 Å². The van der Waals surface area contributed by atoms with E-state index >= 15 is 0 Å². The number of nitrogens with one attached hydrogen (secondary N) is 2. The standard InChI is InChI=1S/C22H34N6O2.HI/c1-17-26-21(30-27-17)8-7-13-24-22(23-2)25-16-20(28-14-5-4-6-15-28)18-9-11-19(29-3)12-10-18;/h9-12,20H,4-8,13-16H2,1-3H3,(H2,23,24,25);1H. The van der Waals surface area contributed by atoms with Gasteiger partial charge < -0.3 is 19.9 Å². The number of benzene rings is 1. The van der Waals surface area contributed by atoms with Crippen molar-refractivity contribution in [1.29, 1.82) is 0 Å². The molecule has 2 N–H and O–H groups in total. The third kappa shape index (κ3) is 7.95. The maximum atomic E-state index is 5.32. The van der Waals surface area contributed by atoms with Crippen LogP contribution < -0.4 is 15.4 Å². The molecule has 1 aliphatic rings. The molecule has 1 atom stereocenters. The fourth-order valence-corrected chi connectivity index (χ4v) is 3.82. The van der Waals surface area contributed by atoms with Crippen molar-refractivity contribution in [2.24, 2.45) is 4.99 Å². The minimum absolute atomic E-state index is 0. The Hall–Kier alpha value is -1.88. The summed E-state index contributed by atoms with van der Waals surface area (Å²) in [6.07, 6.45) is 5.50. The molecule has 0 spiro atoms. The molecule has 8 nitrogen and oxygen atoms in total. The highest BCUT2D eigenvalue weighted by Crippen LogP contribution is 2.25. The number of halogens is 1. The first-order valence-electron chi connectivity index (χ1n) is 10.8. The van der Waals surface area contributed by atoms with Crippen molar-refractivity contribution < 1.29 is 9.26 Å². The predicted octanol–water partition coefficient (Wildman–Crippen LogP) is 3.33. The van der Waals surface area contributed by atoms with Gasteiger partial charge in [0.05, 0.1) is 13.2 Å². The molecule has 1 aromatic heterocycles. The second kappa shape index (κ2) is 13.5. The molecule has 2 heterocycles. The summed E-state index contributed by atoms with van der Waals surface area (Å²) in [5, 5.41) is 10.7. The molecule has 1 aromatic carbocycles. The number of piperidine rings is 1. The minimum Gasteiger partial charge on any atom is -0.497 e. The highest BCUT2D eigenvalue weighted by Gasteiger charge is 2.22. The van der Waals surface area contributed by atoms with Crippen LogP contribution in [0.3, 0.4) is 0 Å². The fourth-order valence-electron chi connectivity index (χ4n) is 3.82. The SMILES string of the molecule is CN=C(NCCCc1nc(C)no1)NCC(c1ccc(OC)cc1)N1CCCCC1.I. The van der Waals surface area contributed by atoms with Crippen LogP contribution >= 0.6 is 24.0 Å². The Morgan fingerprint density at radius 3 is 2.55 bits per heavy atom. The topological polar surface area (TPSA) is 87.8 Å². The van der Waals surface area contributed by atoms with E-state index in [1.807, 2.05) is 19.1 Å². The van der Waals surface area contributed by atoms with Crippen LogP contribution in [-0.4, -0.2) is 61.3 Å². The fraction of sp³-hybridized carbons (Fsp3) is 0.591. The molecule has 3 rings (SSSR count). The monoisotopic (exact) mass is 542 g/mol. The van der Waals surface area contributed by atoms with Crippen molar-refractivity contribution in [2.45, 2.75) is 45.1 Å². The third-order valence-electron chi connectivity index (χ3n) is 5.45. The van der Waals surface area contributed by atoms with E-state index in [1.54, 1.807) is 14.2 Å². The third-order valence-corrected chi connectivity index (χ3v) is 5.45. The first kappa shape index (κ1) is 25.4.